The molecule has 0 saturated carbocycles. The van der Waals surface area contributed by atoms with Crippen LogP contribution in [0.25, 0.3) is 0 Å². The van der Waals surface area contributed by atoms with Gasteiger partial charge in [0.1, 0.15) is 0 Å². The lowest BCUT2D eigenvalue weighted by molar-refractivity contribution is -0.138. The smallest absolute Gasteiger partial charge is 0.317 e. The highest BCUT2D eigenvalue weighted by Crippen LogP contribution is 2.20. The van der Waals surface area contributed by atoms with Crippen LogP contribution >= 0.6 is 11.6 Å². The number of benzene rings is 1. The summed E-state index contributed by atoms with van der Waals surface area (Å²) in [6, 6.07) is 6.98. The first-order chi connectivity index (χ1) is 9.02. The maximum absolute atomic E-state index is 11.7. The van der Waals surface area contributed by atoms with Gasteiger partial charge in [0.05, 0.1) is 17.3 Å². The van der Waals surface area contributed by atoms with Crippen molar-refractivity contribution in [3.05, 3.63) is 29.3 Å². The summed E-state index contributed by atoms with van der Waals surface area (Å²) in [5.41, 5.74) is 0.565. The molecule has 0 aliphatic rings. The Bertz CT molecular complexity index is 451. The summed E-state index contributed by atoms with van der Waals surface area (Å²) >= 11 is 5.92. The van der Waals surface area contributed by atoms with Crippen molar-refractivity contribution in [3.63, 3.8) is 0 Å². The van der Waals surface area contributed by atoms with Crippen LogP contribution in [0.2, 0.25) is 5.02 Å². The number of aliphatic carboxylic acids is 1. The normalized spacial score (nSPS) is 10.5. The summed E-state index contributed by atoms with van der Waals surface area (Å²) in [7, 11) is 0. The fourth-order valence-corrected chi connectivity index (χ4v) is 1.76. The Hall–Kier alpha value is -1.59. The van der Waals surface area contributed by atoms with Gasteiger partial charge in [0.15, 0.2) is 0 Å². The fraction of sp³-hybridized carbons (Fsp3) is 0.385. The summed E-state index contributed by atoms with van der Waals surface area (Å²) in [5.74, 6) is -1.08. The number of nitrogens with one attached hydrogen (secondary N) is 1. The second-order valence-corrected chi connectivity index (χ2v) is 4.45. The van der Waals surface area contributed by atoms with Crippen LogP contribution < -0.4 is 5.32 Å². The molecule has 0 unspecified atom stereocenters. The molecule has 0 radical (unpaired) electrons. The number of carboxylic acids is 1. The van der Waals surface area contributed by atoms with E-state index in [0.29, 0.717) is 23.8 Å². The van der Waals surface area contributed by atoms with E-state index in [1.54, 1.807) is 29.2 Å². The summed E-state index contributed by atoms with van der Waals surface area (Å²) in [4.78, 5) is 24.0. The summed E-state index contributed by atoms with van der Waals surface area (Å²) in [6.07, 6.45) is 0.229. The highest BCUT2D eigenvalue weighted by molar-refractivity contribution is 6.33. The number of hydrogen-bond donors (Lipinski definition) is 2. The van der Waals surface area contributed by atoms with E-state index in [4.69, 9.17) is 16.7 Å². The van der Waals surface area contributed by atoms with Crippen LogP contribution in [0.1, 0.15) is 13.3 Å². The van der Waals surface area contributed by atoms with Gasteiger partial charge in [0.2, 0.25) is 5.91 Å². The molecule has 0 atom stereocenters. The third kappa shape index (κ3) is 5.72. The van der Waals surface area contributed by atoms with Crippen molar-refractivity contribution in [2.45, 2.75) is 13.3 Å². The van der Waals surface area contributed by atoms with E-state index in [-0.39, 0.29) is 18.9 Å². The van der Waals surface area contributed by atoms with Crippen LogP contribution in [0.5, 0.6) is 0 Å². The van der Waals surface area contributed by atoms with Crippen LogP contribution in [0.15, 0.2) is 24.3 Å². The molecule has 1 aromatic rings. The van der Waals surface area contributed by atoms with E-state index < -0.39 is 5.97 Å². The average Bonchev–Trinajstić information content (AvgIpc) is 2.37. The number of anilines is 1. The molecule has 104 valence electrons. The highest BCUT2D eigenvalue weighted by Gasteiger charge is 2.10. The maximum Gasteiger partial charge on any atom is 0.317 e. The number of amides is 1. The number of hydrogen-bond acceptors (Lipinski definition) is 3. The minimum atomic E-state index is -0.895. The molecular formula is C13H17ClN2O3. The van der Waals surface area contributed by atoms with Gasteiger partial charge in [-0.05, 0) is 18.7 Å². The molecule has 0 bridgehead atoms. The van der Waals surface area contributed by atoms with Crippen LogP contribution in [0, 0.1) is 0 Å². The molecule has 0 spiro atoms. The van der Waals surface area contributed by atoms with Gasteiger partial charge in [-0.2, -0.15) is 0 Å². The SMILES string of the molecule is CCN(CCC(=O)Nc1ccccc1Cl)CC(=O)O. The third-order valence-electron chi connectivity index (χ3n) is 2.61. The molecule has 19 heavy (non-hydrogen) atoms. The molecule has 0 aliphatic carbocycles. The van der Waals surface area contributed by atoms with E-state index in [0.717, 1.165) is 0 Å². The second-order valence-electron chi connectivity index (χ2n) is 4.04. The summed E-state index contributed by atoms with van der Waals surface area (Å²) in [6.45, 7) is 2.79. The Morgan fingerprint density at radius 2 is 2.05 bits per heavy atom. The Morgan fingerprint density at radius 3 is 2.63 bits per heavy atom. The van der Waals surface area contributed by atoms with Crippen molar-refractivity contribution in [1.82, 2.24) is 4.90 Å². The average molecular weight is 285 g/mol. The van der Waals surface area contributed by atoms with E-state index in [2.05, 4.69) is 5.32 Å². The first-order valence-electron chi connectivity index (χ1n) is 6.01. The van der Waals surface area contributed by atoms with Gasteiger partial charge in [-0.1, -0.05) is 30.7 Å². The Morgan fingerprint density at radius 1 is 1.37 bits per heavy atom. The van der Waals surface area contributed by atoms with Crippen LogP contribution in [0.3, 0.4) is 0 Å². The zero-order valence-electron chi connectivity index (χ0n) is 10.7. The topological polar surface area (TPSA) is 69.6 Å². The first kappa shape index (κ1) is 15.5. The number of rotatable bonds is 7. The Balaban J connectivity index is 2.43. The predicted molar refractivity (Wildman–Crippen MR) is 74.4 cm³/mol. The third-order valence-corrected chi connectivity index (χ3v) is 2.94. The van der Waals surface area contributed by atoms with Crippen molar-refractivity contribution in [3.8, 4) is 0 Å². The molecule has 1 amide bonds. The quantitative estimate of drug-likeness (QED) is 0.804. The molecule has 0 fully saturated rings. The number of para-hydroxylation sites is 1. The van der Waals surface area contributed by atoms with Crippen molar-refractivity contribution >= 4 is 29.2 Å². The van der Waals surface area contributed by atoms with Gasteiger partial charge in [0.25, 0.3) is 0 Å². The molecule has 0 saturated heterocycles. The predicted octanol–water partition coefficient (Wildman–Crippen LogP) is 2.08. The zero-order chi connectivity index (χ0) is 14.3. The van der Waals surface area contributed by atoms with Gasteiger partial charge in [-0.3, -0.25) is 14.5 Å². The lowest BCUT2D eigenvalue weighted by atomic mass is 10.3. The number of carbonyl (C=O) groups is 2. The standard InChI is InChI=1S/C13H17ClN2O3/c1-2-16(9-13(18)19)8-7-12(17)15-11-6-4-3-5-10(11)14/h3-6H,2,7-9H2,1H3,(H,15,17)(H,18,19). The van der Waals surface area contributed by atoms with Gasteiger partial charge in [-0.25, -0.2) is 0 Å². The molecule has 1 aromatic carbocycles. The van der Waals surface area contributed by atoms with E-state index in [9.17, 15) is 9.59 Å². The zero-order valence-corrected chi connectivity index (χ0v) is 11.5. The van der Waals surface area contributed by atoms with Crippen LogP contribution in [-0.4, -0.2) is 41.5 Å². The molecule has 0 aliphatic heterocycles. The van der Waals surface area contributed by atoms with Crippen molar-refractivity contribution in [2.75, 3.05) is 25.0 Å². The first-order valence-corrected chi connectivity index (χ1v) is 6.39. The lowest BCUT2D eigenvalue weighted by Gasteiger charge is -2.17. The van der Waals surface area contributed by atoms with Crippen LogP contribution in [-0.2, 0) is 9.59 Å². The Kier molecular flexibility index (Phi) is 6.32. The minimum Gasteiger partial charge on any atom is -0.480 e. The molecule has 0 aromatic heterocycles. The lowest BCUT2D eigenvalue weighted by Crippen LogP contribution is -2.32. The number of carboxylic acid groups (broad SMARTS) is 1. The molecule has 6 heteroatoms. The number of halogens is 1. The molecule has 1 rings (SSSR count). The van der Waals surface area contributed by atoms with Gasteiger partial charge >= 0.3 is 5.97 Å². The highest BCUT2D eigenvalue weighted by atomic mass is 35.5. The fourth-order valence-electron chi connectivity index (χ4n) is 1.58. The number of nitrogens with zero attached hydrogens (tertiary/aromatic N) is 1. The minimum absolute atomic E-state index is 0.0596. The monoisotopic (exact) mass is 284 g/mol. The van der Waals surface area contributed by atoms with Crippen molar-refractivity contribution in [2.24, 2.45) is 0 Å². The largest absolute Gasteiger partial charge is 0.480 e. The summed E-state index contributed by atoms with van der Waals surface area (Å²) in [5, 5.41) is 11.9. The van der Waals surface area contributed by atoms with E-state index in [1.165, 1.54) is 0 Å². The van der Waals surface area contributed by atoms with Crippen molar-refractivity contribution in [1.29, 1.82) is 0 Å². The molecule has 2 N–H and O–H groups in total. The van der Waals surface area contributed by atoms with Crippen molar-refractivity contribution < 1.29 is 14.7 Å². The van der Waals surface area contributed by atoms with Gasteiger partial charge < -0.3 is 10.4 Å². The number of likely N-dealkylation sites (N-methyl/N-ethyl adjacent to an activating group) is 1. The van der Waals surface area contributed by atoms with Crippen LogP contribution in [0.4, 0.5) is 5.69 Å². The van der Waals surface area contributed by atoms with E-state index in [1.807, 2.05) is 6.92 Å². The van der Waals surface area contributed by atoms with Gasteiger partial charge in [0, 0.05) is 13.0 Å². The van der Waals surface area contributed by atoms with Gasteiger partial charge in [-0.15, -0.1) is 0 Å². The molecular weight excluding hydrogens is 268 g/mol. The van der Waals surface area contributed by atoms with E-state index >= 15 is 0 Å². The Labute approximate surface area is 117 Å². The summed E-state index contributed by atoms with van der Waals surface area (Å²) < 4.78 is 0. The second kappa shape index (κ2) is 7.76. The number of carbonyl (C=O) groups excluding carboxylic acids is 1. The maximum atomic E-state index is 11.7. The molecule has 5 nitrogen and oxygen atoms in total. The molecule has 0 heterocycles.